The lowest BCUT2D eigenvalue weighted by Crippen LogP contribution is -2.56. The first-order valence-electron chi connectivity index (χ1n) is 7.92. The summed E-state index contributed by atoms with van der Waals surface area (Å²) in [6, 6.07) is -1.82. The van der Waals surface area contributed by atoms with Gasteiger partial charge in [0, 0.05) is 7.05 Å². The fraction of sp³-hybridized carbons (Fsp3) is 0.625. The largest absolute Gasteiger partial charge is 0.490 e. The summed E-state index contributed by atoms with van der Waals surface area (Å²) in [6.45, 7) is 8.92. The smallest absolute Gasteiger partial charge is 0.475 e. The maximum absolute atomic E-state index is 12.0. The Morgan fingerprint density at radius 2 is 1.64 bits per heavy atom. The average molecular weight is 413 g/mol. The topological polar surface area (TPSA) is 148 Å². The lowest BCUT2D eigenvalue weighted by atomic mass is 9.86. The molecule has 0 unspecified atom stereocenters. The second-order valence-corrected chi connectivity index (χ2v) is 6.51. The van der Waals surface area contributed by atoms with Crippen LogP contribution in [0.15, 0.2) is 12.7 Å². The highest BCUT2D eigenvalue weighted by atomic mass is 19.4. The third kappa shape index (κ3) is 11.9. The van der Waals surface area contributed by atoms with Crippen molar-refractivity contribution < 1.29 is 42.2 Å². The number of aliphatic carboxylic acids is 1. The fourth-order valence-corrected chi connectivity index (χ4v) is 1.55. The van der Waals surface area contributed by atoms with E-state index in [0.717, 1.165) is 0 Å². The van der Waals surface area contributed by atoms with Gasteiger partial charge in [-0.25, -0.2) is 4.79 Å². The van der Waals surface area contributed by atoms with Crippen LogP contribution < -0.4 is 16.4 Å². The van der Waals surface area contributed by atoms with Crippen LogP contribution in [0.2, 0.25) is 0 Å². The zero-order valence-electron chi connectivity index (χ0n) is 16.1. The number of amides is 2. The Kier molecular flexibility index (Phi) is 11.8. The fourth-order valence-electron chi connectivity index (χ4n) is 1.55. The molecule has 9 nitrogen and oxygen atoms in total. The van der Waals surface area contributed by atoms with Gasteiger partial charge in [-0.15, -0.1) is 0 Å². The minimum Gasteiger partial charge on any atom is -0.475 e. The highest BCUT2D eigenvalue weighted by molar-refractivity contribution is 5.91. The summed E-state index contributed by atoms with van der Waals surface area (Å²) in [5.74, 6) is -4.25. The predicted molar refractivity (Wildman–Crippen MR) is 92.9 cm³/mol. The minimum atomic E-state index is -5.08. The van der Waals surface area contributed by atoms with Gasteiger partial charge in [0.05, 0.1) is 12.5 Å². The number of hydrogen-bond acceptors (Lipinski definition) is 6. The Balaban J connectivity index is 0. The molecule has 0 spiro atoms. The van der Waals surface area contributed by atoms with Crippen LogP contribution in [0.1, 0.15) is 27.2 Å². The van der Waals surface area contributed by atoms with E-state index in [2.05, 4.69) is 17.2 Å². The molecule has 2 amide bonds. The lowest BCUT2D eigenvalue weighted by Gasteiger charge is -2.30. The normalized spacial score (nSPS) is 13.1. The summed E-state index contributed by atoms with van der Waals surface area (Å²) in [5, 5.41) is 12.2. The van der Waals surface area contributed by atoms with Crippen LogP contribution in [-0.4, -0.2) is 60.8 Å². The average Bonchev–Trinajstić information content (AvgIpc) is 2.55. The van der Waals surface area contributed by atoms with Crippen molar-refractivity contribution in [3.63, 3.8) is 0 Å². The number of carboxylic acids is 1. The highest BCUT2D eigenvalue weighted by Gasteiger charge is 2.38. The van der Waals surface area contributed by atoms with E-state index in [1.807, 2.05) is 20.8 Å². The lowest BCUT2D eigenvalue weighted by molar-refractivity contribution is -0.192. The monoisotopic (exact) mass is 413 g/mol. The van der Waals surface area contributed by atoms with E-state index >= 15 is 0 Å². The van der Waals surface area contributed by atoms with E-state index in [1.54, 1.807) is 0 Å². The van der Waals surface area contributed by atoms with Crippen LogP contribution in [0.4, 0.5) is 13.2 Å². The number of carbonyl (C=O) groups is 4. The standard InChI is InChI=1S/C14H25N3O4.C2HF3O2/c1-6-7-21-10(18)8-9(15)12(19)17-11(13(20)16-5)14(2,3)4;3-2(4,5)1(6)7/h6,9,11H,1,7-8,15H2,2-5H3,(H,16,20)(H,17,19);(H,6,7)/t9-,11-;/m1./s1. The van der Waals surface area contributed by atoms with E-state index in [4.69, 9.17) is 20.4 Å². The van der Waals surface area contributed by atoms with Crippen molar-refractivity contribution in [1.82, 2.24) is 10.6 Å². The number of carbonyl (C=O) groups excluding carboxylic acids is 3. The summed E-state index contributed by atoms with van der Waals surface area (Å²) >= 11 is 0. The molecular weight excluding hydrogens is 387 g/mol. The Bertz CT molecular complexity index is 573. The van der Waals surface area contributed by atoms with Crippen LogP contribution in [0.5, 0.6) is 0 Å². The number of nitrogens with one attached hydrogen (secondary N) is 2. The van der Waals surface area contributed by atoms with E-state index < -0.39 is 41.5 Å². The molecule has 5 N–H and O–H groups in total. The SMILES string of the molecule is C=CCOC(=O)C[C@@H](N)C(=O)N[C@H](C(=O)NC)C(C)(C)C.O=C(O)C(F)(F)F. The third-order valence-electron chi connectivity index (χ3n) is 2.99. The number of ether oxygens (including phenoxy) is 1. The van der Waals surface area contributed by atoms with Gasteiger partial charge >= 0.3 is 18.1 Å². The number of hydrogen-bond donors (Lipinski definition) is 4. The number of carboxylic acid groups (broad SMARTS) is 1. The number of likely N-dealkylation sites (N-methyl/N-ethyl adjacent to an activating group) is 1. The van der Waals surface area contributed by atoms with Crippen molar-refractivity contribution in [1.29, 1.82) is 0 Å². The molecule has 0 saturated heterocycles. The first-order chi connectivity index (χ1) is 12.6. The molecule has 2 atom stereocenters. The van der Waals surface area contributed by atoms with Crippen molar-refractivity contribution in [2.24, 2.45) is 11.1 Å². The first kappa shape index (κ1) is 27.6. The van der Waals surface area contributed by atoms with Crippen molar-refractivity contribution in [2.45, 2.75) is 45.5 Å². The Morgan fingerprint density at radius 3 is 1.96 bits per heavy atom. The molecule has 0 radical (unpaired) electrons. The molecule has 0 fully saturated rings. The summed E-state index contributed by atoms with van der Waals surface area (Å²) in [6.07, 6.45) is -3.92. The molecule has 162 valence electrons. The summed E-state index contributed by atoms with van der Waals surface area (Å²) in [4.78, 5) is 44.1. The zero-order chi connectivity index (χ0) is 22.7. The molecule has 0 saturated carbocycles. The molecule has 0 rings (SSSR count). The maximum atomic E-state index is 12.0. The molecule has 0 aliphatic carbocycles. The number of halogens is 3. The second-order valence-electron chi connectivity index (χ2n) is 6.51. The number of esters is 1. The van der Waals surface area contributed by atoms with E-state index in [0.29, 0.717) is 0 Å². The molecule has 0 aromatic heterocycles. The quantitative estimate of drug-likeness (QED) is 0.347. The summed E-state index contributed by atoms with van der Waals surface area (Å²) in [7, 11) is 1.49. The van der Waals surface area contributed by atoms with Gasteiger partial charge in [0.2, 0.25) is 11.8 Å². The van der Waals surface area contributed by atoms with Crippen LogP contribution >= 0.6 is 0 Å². The predicted octanol–water partition coefficient (Wildman–Crippen LogP) is 0.343. The van der Waals surface area contributed by atoms with Crippen molar-refractivity contribution in [3.8, 4) is 0 Å². The second kappa shape index (κ2) is 12.0. The number of alkyl halides is 3. The molecule has 28 heavy (non-hydrogen) atoms. The first-order valence-corrected chi connectivity index (χ1v) is 7.92. The van der Waals surface area contributed by atoms with Gasteiger partial charge in [0.25, 0.3) is 0 Å². The molecule has 0 bridgehead atoms. The maximum Gasteiger partial charge on any atom is 0.490 e. The summed E-state index contributed by atoms with van der Waals surface area (Å²) < 4.78 is 36.5. The van der Waals surface area contributed by atoms with E-state index in [9.17, 15) is 27.6 Å². The van der Waals surface area contributed by atoms with Gasteiger partial charge in [-0.2, -0.15) is 13.2 Å². The molecule has 0 aromatic rings. The zero-order valence-corrected chi connectivity index (χ0v) is 16.1. The molecule has 0 aliphatic heterocycles. The highest BCUT2D eigenvalue weighted by Crippen LogP contribution is 2.19. The molecule has 0 heterocycles. The number of rotatable bonds is 7. The number of nitrogens with two attached hydrogens (primary N) is 1. The van der Waals surface area contributed by atoms with Gasteiger partial charge < -0.3 is 26.2 Å². The van der Waals surface area contributed by atoms with Crippen LogP contribution in [0.3, 0.4) is 0 Å². The Hall–Kier alpha value is -2.63. The van der Waals surface area contributed by atoms with Gasteiger partial charge in [-0.05, 0) is 5.41 Å². The van der Waals surface area contributed by atoms with Crippen LogP contribution in [0.25, 0.3) is 0 Å². The molecular formula is C16H26F3N3O6. The van der Waals surface area contributed by atoms with E-state index in [-0.39, 0.29) is 18.9 Å². The minimum absolute atomic E-state index is 0.0655. The van der Waals surface area contributed by atoms with Crippen molar-refractivity contribution >= 4 is 23.8 Å². The van der Waals surface area contributed by atoms with Gasteiger partial charge in [-0.1, -0.05) is 33.4 Å². The van der Waals surface area contributed by atoms with Crippen molar-refractivity contribution in [2.75, 3.05) is 13.7 Å². The van der Waals surface area contributed by atoms with Crippen molar-refractivity contribution in [3.05, 3.63) is 12.7 Å². The molecule has 0 aliphatic rings. The van der Waals surface area contributed by atoms with Crippen LogP contribution in [-0.2, 0) is 23.9 Å². The molecule has 12 heteroatoms. The van der Waals surface area contributed by atoms with Gasteiger partial charge in [0.15, 0.2) is 0 Å². The Morgan fingerprint density at radius 1 is 1.18 bits per heavy atom. The van der Waals surface area contributed by atoms with Gasteiger partial charge in [-0.3, -0.25) is 14.4 Å². The third-order valence-corrected chi connectivity index (χ3v) is 2.99. The summed E-state index contributed by atoms with van der Waals surface area (Å²) in [5.41, 5.74) is 5.17. The van der Waals surface area contributed by atoms with Crippen LogP contribution in [0, 0.1) is 5.41 Å². The van der Waals surface area contributed by atoms with Gasteiger partial charge in [0.1, 0.15) is 12.6 Å². The molecule has 0 aromatic carbocycles. The Labute approximate surface area is 160 Å². The van der Waals surface area contributed by atoms with E-state index in [1.165, 1.54) is 13.1 Å².